The molecular weight excluding hydrogens is 396 g/mol. The Morgan fingerprint density at radius 3 is 2.68 bits per heavy atom. The fraction of sp³-hybridized carbons (Fsp3) is 0.292. The van der Waals surface area contributed by atoms with Gasteiger partial charge in [0.1, 0.15) is 17.3 Å². The number of nitrogens with one attached hydrogen (secondary N) is 1. The third-order valence-corrected chi connectivity index (χ3v) is 5.33. The van der Waals surface area contributed by atoms with E-state index in [0.29, 0.717) is 50.1 Å². The first-order valence-corrected chi connectivity index (χ1v) is 10.4. The van der Waals surface area contributed by atoms with Crippen LogP contribution in [0.4, 0.5) is 0 Å². The van der Waals surface area contributed by atoms with Gasteiger partial charge in [-0.25, -0.2) is 4.79 Å². The SMILES string of the molecule is O=C(NCCCC(=O)N1CCOC(c2ccccc2)C1)c1cc2ccccc2oc1=O. The molecule has 1 fully saturated rings. The van der Waals surface area contributed by atoms with E-state index in [-0.39, 0.29) is 17.6 Å². The van der Waals surface area contributed by atoms with Gasteiger partial charge in [0.25, 0.3) is 5.91 Å². The normalized spacial score (nSPS) is 16.3. The number of hydrogen-bond acceptors (Lipinski definition) is 5. The summed E-state index contributed by atoms with van der Waals surface area (Å²) >= 11 is 0. The van der Waals surface area contributed by atoms with Crippen LogP contribution in [0.15, 0.2) is 69.9 Å². The minimum Gasteiger partial charge on any atom is -0.422 e. The van der Waals surface area contributed by atoms with Crippen molar-refractivity contribution >= 4 is 22.8 Å². The number of amides is 2. The molecule has 0 aliphatic carbocycles. The maximum Gasteiger partial charge on any atom is 0.349 e. The van der Waals surface area contributed by atoms with Gasteiger partial charge in [0.15, 0.2) is 0 Å². The van der Waals surface area contributed by atoms with Crippen LogP contribution in [0.1, 0.15) is 34.9 Å². The number of carbonyl (C=O) groups excluding carboxylic acids is 2. The summed E-state index contributed by atoms with van der Waals surface area (Å²) in [5.41, 5.74) is 0.784. The molecule has 0 radical (unpaired) electrons. The maximum absolute atomic E-state index is 12.6. The van der Waals surface area contributed by atoms with E-state index in [1.807, 2.05) is 36.4 Å². The Morgan fingerprint density at radius 1 is 1.06 bits per heavy atom. The van der Waals surface area contributed by atoms with Crippen LogP contribution in [-0.4, -0.2) is 43.0 Å². The van der Waals surface area contributed by atoms with Crippen LogP contribution in [0.25, 0.3) is 11.0 Å². The predicted octanol–water partition coefficient (Wildman–Crippen LogP) is 2.90. The first-order valence-electron chi connectivity index (χ1n) is 10.4. The number of benzene rings is 2. The monoisotopic (exact) mass is 420 g/mol. The van der Waals surface area contributed by atoms with Gasteiger partial charge in [-0.15, -0.1) is 0 Å². The minimum atomic E-state index is -0.674. The molecule has 0 saturated carbocycles. The fourth-order valence-corrected chi connectivity index (χ4v) is 3.66. The van der Waals surface area contributed by atoms with Crippen LogP contribution >= 0.6 is 0 Å². The Kier molecular flexibility index (Phi) is 6.43. The third kappa shape index (κ3) is 5.00. The highest BCUT2D eigenvalue weighted by Crippen LogP contribution is 2.22. The lowest BCUT2D eigenvalue weighted by Crippen LogP contribution is -2.42. The number of hydrogen-bond donors (Lipinski definition) is 1. The molecule has 3 aromatic rings. The molecule has 1 saturated heterocycles. The largest absolute Gasteiger partial charge is 0.422 e. The number of rotatable bonds is 6. The average Bonchev–Trinajstić information content (AvgIpc) is 2.81. The van der Waals surface area contributed by atoms with Gasteiger partial charge < -0.3 is 19.4 Å². The topological polar surface area (TPSA) is 88.8 Å². The predicted molar refractivity (Wildman–Crippen MR) is 116 cm³/mol. The quantitative estimate of drug-likeness (QED) is 0.489. The van der Waals surface area contributed by atoms with Crippen molar-refractivity contribution in [2.24, 2.45) is 0 Å². The summed E-state index contributed by atoms with van der Waals surface area (Å²) in [6.07, 6.45) is 0.677. The smallest absolute Gasteiger partial charge is 0.349 e. The summed E-state index contributed by atoms with van der Waals surface area (Å²) < 4.78 is 11.0. The van der Waals surface area contributed by atoms with Crippen molar-refractivity contribution in [2.75, 3.05) is 26.2 Å². The molecule has 2 heterocycles. The van der Waals surface area contributed by atoms with Crippen molar-refractivity contribution in [3.05, 3.63) is 82.2 Å². The van der Waals surface area contributed by atoms with Gasteiger partial charge in [0.05, 0.1) is 13.2 Å². The van der Waals surface area contributed by atoms with Gasteiger partial charge >= 0.3 is 5.63 Å². The Bertz CT molecular complexity index is 1130. The minimum absolute atomic E-state index is 0.0312. The zero-order chi connectivity index (χ0) is 21.6. The van der Waals surface area contributed by atoms with E-state index in [1.165, 1.54) is 6.07 Å². The molecule has 160 valence electrons. The second-order valence-corrected chi connectivity index (χ2v) is 7.45. The molecule has 1 aliphatic heterocycles. The van der Waals surface area contributed by atoms with Crippen LogP contribution in [0.3, 0.4) is 0 Å². The van der Waals surface area contributed by atoms with Crippen molar-refractivity contribution in [2.45, 2.75) is 18.9 Å². The van der Waals surface area contributed by atoms with Crippen molar-refractivity contribution in [1.29, 1.82) is 0 Å². The average molecular weight is 420 g/mol. The van der Waals surface area contributed by atoms with Crippen molar-refractivity contribution in [3.63, 3.8) is 0 Å². The lowest BCUT2D eigenvalue weighted by molar-refractivity contribution is -0.139. The van der Waals surface area contributed by atoms with Crippen molar-refractivity contribution < 1.29 is 18.7 Å². The molecule has 2 aromatic carbocycles. The van der Waals surface area contributed by atoms with Gasteiger partial charge in [-0.2, -0.15) is 0 Å². The zero-order valence-electron chi connectivity index (χ0n) is 17.1. The van der Waals surface area contributed by atoms with E-state index in [9.17, 15) is 14.4 Å². The first-order chi connectivity index (χ1) is 15.1. The van der Waals surface area contributed by atoms with E-state index >= 15 is 0 Å². The molecular formula is C24H24N2O5. The van der Waals surface area contributed by atoms with Crippen LogP contribution in [-0.2, 0) is 9.53 Å². The molecule has 1 atom stereocenters. The van der Waals surface area contributed by atoms with E-state index in [4.69, 9.17) is 9.15 Å². The van der Waals surface area contributed by atoms with Crippen LogP contribution in [0, 0.1) is 0 Å². The number of morpholine rings is 1. The molecule has 7 nitrogen and oxygen atoms in total. The van der Waals surface area contributed by atoms with E-state index in [1.54, 1.807) is 23.1 Å². The number of fused-ring (bicyclic) bond motifs is 1. The number of ether oxygens (including phenoxy) is 1. The molecule has 7 heteroatoms. The van der Waals surface area contributed by atoms with Crippen molar-refractivity contribution in [1.82, 2.24) is 10.2 Å². The number of nitrogens with zero attached hydrogens (tertiary/aromatic N) is 1. The Balaban J connectivity index is 1.27. The molecule has 0 spiro atoms. The van der Waals surface area contributed by atoms with Gasteiger partial charge in [0.2, 0.25) is 5.91 Å². The highest BCUT2D eigenvalue weighted by molar-refractivity contribution is 5.96. The third-order valence-electron chi connectivity index (χ3n) is 5.33. The summed E-state index contributed by atoms with van der Waals surface area (Å²) in [6.45, 7) is 1.88. The van der Waals surface area contributed by atoms with E-state index < -0.39 is 11.5 Å². The summed E-state index contributed by atoms with van der Waals surface area (Å²) in [4.78, 5) is 38.8. The summed E-state index contributed by atoms with van der Waals surface area (Å²) in [5.74, 6) is -0.467. The van der Waals surface area contributed by atoms with Crippen LogP contribution < -0.4 is 10.9 Å². The number of para-hydroxylation sites is 1. The lowest BCUT2D eigenvalue weighted by Gasteiger charge is -2.33. The van der Waals surface area contributed by atoms with Gasteiger partial charge in [-0.05, 0) is 24.1 Å². The summed E-state index contributed by atoms with van der Waals surface area (Å²) in [5, 5.41) is 3.39. The standard InChI is InChI=1S/C24H24N2O5/c27-22(26-13-14-30-21(16-26)17-7-2-1-3-8-17)11-6-12-25-23(28)19-15-18-9-4-5-10-20(18)31-24(19)29/h1-5,7-10,15,21H,6,11-14,16H2,(H,25,28). The molecule has 1 aromatic heterocycles. The van der Waals surface area contributed by atoms with Gasteiger partial charge in [-0.3, -0.25) is 9.59 Å². The lowest BCUT2D eigenvalue weighted by atomic mass is 10.1. The molecule has 0 bridgehead atoms. The molecule has 31 heavy (non-hydrogen) atoms. The molecule has 1 aliphatic rings. The second kappa shape index (κ2) is 9.57. The first kappa shape index (κ1) is 20.8. The number of carbonyl (C=O) groups is 2. The van der Waals surface area contributed by atoms with E-state index in [0.717, 1.165) is 5.56 Å². The van der Waals surface area contributed by atoms with E-state index in [2.05, 4.69) is 5.32 Å². The Hall–Kier alpha value is -3.45. The van der Waals surface area contributed by atoms with Gasteiger partial charge in [-0.1, -0.05) is 48.5 Å². The highest BCUT2D eigenvalue weighted by Gasteiger charge is 2.25. The fourth-order valence-electron chi connectivity index (χ4n) is 3.66. The molecule has 1 N–H and O–H groups in total. The second-order valence-electron chi connectivity index (χ2n) is 7.45. The Morgan fingerprint density at radius 2 is 1.84 bits per heavy atom. The summed E-state index contributed by atoms with van der Waals surface area (Å²) in [7, 11) is 0. The van der Waals surface area contributed by atoms with Crippen molar-refractivity contribution in [3.8, 4) is 0 Å². The molecule has 4 rings (SSSR count). The molecule has 2 amide bonds. The van der Waals surface area contributed by atoms with Crippen LogP contribution in [0.2, 0.25) is 0 Å². The Labute approximate surface area is 179 Å². The zero-order valence-corrected chi connectivity index (χ0v) is 17.1. The maximum atomic E-state index is 12.6. The summed E-state index contributed by atoms with van der Waals surface area (Å²) in [6, 6.07) is 18.4. The van der Waals surface area contributed by atoms with Crippen LogP contribution in [0.5, 0.6) is 0 Å². The highest BCUT2D eigenvalue weighted by atomic mass is 16.5. The molecule has 1 unspecified atom stereocenters. The van der Waals surface area contributed by atoms with Gasteiger partial charge in [0, 0.05) is 24.9 Å².